The van der Waals surface area contributed by atoms with E-state index in [0.717, 1.165) is 6.42 Å². The quantitative estimate of drug-likeness (QED) is 0.682. The number of nitrogens with two attached hydrogens (primary N) is 1. The topological polar surface area (TPSA) is 87.5 Å². The molecular weight excluding hydrogens is 256 g/mol. The van der Waals surface area contributed by atoms with Gasteiger partial charge in [0.05, 0.1) is 5.54 Å². The van der Waals surface area contributed by atoms with E-state index < -0.39 is 5.54 Å². The highest BCUT2D eigenvalue weighted by molar-refractivity contribution is 5.85. The van der Waals surface area contributed by atoms with E-state index in [9.17, 15) is 9.59 Å². The highest BCUT2D eigenvalue weighted by Gasteiger charge is 2.30. The van der Waals surface area contributed by atoms with Crippen LogP contribution in [0.15, 0.2) is 0 Å². The third-order valence-corrected chi connectivity index (χ3v) is 2.72. The number of nitrogens with one attached hydrogen (secondary N) is 2. The lowest BCUT2D eigenvalue weighted by atomic mass is 10.1. The summed E-state index contributed by atoms with van der Waals surface area (Å²) in [6, 6.07) is -0.0656. The minimum Gasteiger partial charge on any atom is -0.350 e. The van der Waals surface area contributed by atoms with Crippen LogP contribution in [0.4, 0.5) is 4.79 Å². The molecule has 0 saturated carbocycles. The molecule has 1 unspecified atom stereocenters. The summed E-state index contributed by atoms with van der Waals surface area (Å²) >= 11 is 0. The third-order valence-electron chi connectivity index (χ3n) is 2.72. The monoisotopic (exact) mass is 278 g/mol. The number of rotatable bonds is 3. The summed E-state index contributed by atoms with van der Waals surface area (Å²) in [6.07, 6.45) is 0.777. The Labute approximate surface area is 114 Å². The minimum absolute atomic E-state index is 0. The number of urea groups is 1. The molecule has 18 heavy (non-hydrogen) atoms. The van der Waals surface area contributed by atoms with Crippen LogP contribution in [0.2, 0.25) is 0 Å². The second-order valence-corrected chi connectivity index (χ2v) is 4.96. The first-order valence-electron chi connectivity index (χ1n) is 5.97. The molecule has 0 aromatic carbocycles. The maximum absolute atomic E-state index is 11.7. The van der Waals surface area contributed by atoms with Gasteiger partial charge in [0, 0.05) is 25.7 Å². The van der Waals surface area contributed by atoms with Crippen molar-refractivity contribution in [3.05, 3.63) is 0 Å². The molecule has 1 aliphatic rings. The predicted molar refractivity (Wildman–Crippen MR) is 72.7 cm³/mol. The lowest BCUT2D eigenvalue weighted by Gasteiger charge is -2.22. The molecule has 1 fully saturated rings. The van der Waals surface area contributed by atoms with E-state index in [1.54, 1.807) is 18.7 Å². The van der Waals surface area contributed by atoms with Gasteiger partial charge in [0.1, 0.15) is 0 Å². The van der Waals surface area contributed by atoms with Crippen molar-refractivity contribution in [3.63, 3.8) is 0 Å². The predicted octanol–water partition coefficient (Wildman–Crippen LogP) is 0.0655. The number of carbonyl (C=O) groups excluding carboxylic acids is 2. The molecule has 0 radical (unpaired) electrons. The van der Waals surface area contributed by atoms with Crippen LogP contribution in [0, 0.1) is 0 Å². The summed E-state index contributed by atoms with van der Waals surface area (Å²) in [5, 5.41) is 5.60. The molecule has 7 heteroatoms. The zero-order valence-corrected chi connectivity index (χ0v) is 12.0. The largest absolute Gasteiger partial charge is 0.350 e. The van der Waals surface area contributed by atoms with Gasteiger partial charge in [-0.25, -0.2) is 4.79 Å². The second kappa shape index (κ2) is 6.80. The molecule has 0 aromatic heterocycles. The van der Waals surface area contributed by atoms with E-state index in [0.29, 0.717) is 19.6 Å². The van der Waals surface area contributed by atoms with Crippen LogP contribution in [-0.4, -0.2) is 48.1 Å². The average molecular weight is 279 g/mol. The SMILES string of the molecule is CCNC(=O)N1CCC(NC(=O)C(C)(C)N)C1.Cl. The fourth-order valence-corrected chi connectivity index (χ4v) is 1.70. The van der Waals surface area contributed by atoms with Gasteiger partial charge < -0.3 is 21.3 Å². The molecule has 0 bridgehead atoms. The first-order valence-corrected chi connectivity index (χ1v) is 5.97. The van der Waals surface area contributed by atoms with Crippen molar-refractivity contribution >= 4 is 24.3 Å². The molecule has 0 aliphatic carbocycles. The zero-order valence-electron chi connectivity index (χ0n) is 11.2. The summed E-state index contributed by atoms with van der Waals surface area (Å²) in [5.74, 6) is -0.180. The molecule has 1 aliphatic heterocycles. The molecule has 106 valence electrons. The van der Waals surface area contributed by atoms with Crippen molar-refractivity contribution in [3.8, 4) is 0 Å². The van der Waals surface area contributed by atoms with Gasteiger partial charge >= 0.3 is 6.03 Å². The van der Waals surface area contributed by atoms with Gasteiger partial charge in [0.2, 0.25) is 5.91 Å². The number of hydrogen-bond donors (Lipinski definition) is 3. The highest BCUT2D eigenvalue weighted by atomic mass is 35.5. The van der Waals surface area contributed by atoms with Crippen LogP contribution in [0.3, 0.4) is 0 Å². The van der Waals surface area contributed by atoms with E-state index in [1.807, 2.05) is 6.92 Å². The summed E-state index contributed by atoms with van der Waals surface area (Å²) in [7, 11) is 0. The average Bonchev–Trinajstić information content (AvgIpc) is 2.65. The Morgan fingerprint density at radius 2 is 2.06 bits per heavy atom. The Bertz CT molecular complexity index is 304. The summed E-state index contributed by atoms with van der Waals surface area (Å²) in [6.45, 7) is 7.04. The molecule has 4 N–H and O–H groups in total. The van der Waals surface area contributed by atoms with Crippen molar-refractivity contribution in [2.75, 3.05) is 19.6 Å². The normalized spacial score (nSPS) is 19.1. The molecule has 0 aromatic rings. The Morgan fingerprint density at radius 3 is 2.56 bits per heavy atom. The molecule has 3 amide bonds. The van der Waals surface area contributed by atoms with Gasteiger partial charge in [-0.2, -0.15) is 0 Å². The number of nitrogens with zero attached hydrogens (tertiary/aromatic N) is 1. The van der Waals surface area contributed by atoms with Gasteiger partial charge in [-0.1, -0.05) is 0 Å². The summed E-state index contributed by atoms with van der Waals surface area (Å²) in [4.78, 5) is 24.9. The number of amides is 3. The third kappa shape index (κ3) is 4.70. The molecule has 1 rings (SSSR count). The first kappa shape index (κ1) is 17.0. The Morgan fingerprint density at radius 1 is 1.44 bits per heavy atom. The highest BCUT2D eigenvalue weighted by Crippen LogP contribution is 2.10. The number of halogens is 1. The van der Waals surface area contributed by atoms with E-state index in [-0.39, 0.29) is 30.4 Å². The molecule has 6 nitrogen and oxygen atoms in total. The summed E-state index contributed by atoms with van der Waals surface area (Å²) < 4.78 is 0. The van der Waals surface area contributed by atoms with Crippen molar-refractivity contribution in [1.29, 1.82) is 0 Å². The summed E-state index contributed by atoms with van der Waals surface area (Å²) in [5.41, 5.74) is 4.82. The van der Waals surface area contributed by atoms with Crippen LogP contribution >= 0.6 is 12.4 Å². The van der Waals surface area contributed by atoms with Gasteiger partial charge in [0.15, 0.2) is 0 Å². The molecular formula is C11H23ClN4O2. The Kier molecular flexibility index (Phi) is 6.42. The fraction of sp³-hybridized carbons (Fsp3) is 0.818. The smallest absolute Gasteiger partial charge is 0.317 e. The standard InChI is InChI=1S/C11H22N4O2.ClH/c1-4-13-10(17)15-6-5-8(7-15)14-9(16)11(2,3)12;/h8H,4-7,12H2,1-3H3,(H,13,17)(H,14,16);1H. The number of hydrogen-bond acceptors (Lipinski definition) is 3. The van der Waals surface area contributed by atoms with E-state index in [2.05, 4.69) is 10.6 Å². The van der Waals surface area contributed by atoms with Crippen molar-refractivity contribution in [2.24, 2.45) is 5.73 Å². The van der Waals surface area contributed by atoms with Crippen LogP contribution in [-0.2, 0) is 4.79 Å². The molecule has 1 atom stereocenters. The minimum atomic E-state index is -0.876. The number of likely N-dealkylation sites (tertiary alicyclic amines) is 1. The van der Waals surface area contributed by atoms with Crippen molar-refractivity contribution < 1.29 is 9.59 Å². The van der Waals surface area contributed by atoms with Crippen molar-refractivity contribution in [1.82, 2.24) is 15.5 Å². The van der Waals surface area contributed by atoms with Gasteiger partial charge in [-0.05, 0) is 27.2 Å². The van der Waals surface area contributed by atoms with E-state index in [4.69, 9.17) is 5.73 Å². The van der Waals surface area contributed by atoms with Crippen LogP contribution in [0.1, 0.15) is 27.2 Å². The van der Waals surface area contributed by atoms with Gasteiger partial charge in [-0.15, -0.1) is 12.4 Å². The van der Waals surface area contributed by atoms with Gasteiger partial charge in [-0.3, -0.25) is 4.79 Å². The molecule has 1 heterocycles. The molecule has 1 saturated heterocycles. The lowest BCUT2D eigenvalue weighted by Crippen LogP contribution is -2.53. The lowest BCUT2D eigenvalue weighted by molar-refractivity contribution is -0.125. The van der Waals surface area contributed by atoms with Crippen LogP contribution in [0.25, 0.3) is 0 Å². The van der Waals surface area contributed by atoms with E-state index in [1.165, 1.54) is 0 Å². The molecule has 0 spiro atoms. The Balaban J connectivity index is 0.00000289. The van der Waals surface area contributed by atoms with Crippen LogP contribution < -0.4 is 16.4 Å². The van der Waals surface area contributed by atoms with Gasteiger partial charge in [0.25, 0.3) is 0 Å². The van der Waals surface area contributed by atoms with Crippen molar-refractivity contribution in [2.45, 2.75) is 38.8 Å². The fourth-order valence-electron chi connectivity index (χ4n) is 1.70. The zero-order chi connectivity index (χ0) is 13.1. The number of carbonyl (C=O) groups is 2. The first-order chi connectivity index (χ1) is 7.84. The van der Waals surface area contributed by atoms with E-state index >= 15 is 0 Å². The maximum Gasteiger partial charge on any atom is 0.317 e. The second-order valence-electron chi connectivity index (χ2n) is 4.96. The van der Waals surface area contributed by atoms with Crippen LogP contribution in [0.5, 0.6) is 0 Å². The maximum atomic E-state index is 11.7. The Hall–Kier alpha value is -1.01.